The lowest BCUT2D eigenvalue weighted by Gasteiger charge is -2.09. The Morgan fingerprint density at radius 3 is 2.76 bits per heavy atom. The van der Waals surface area contributed by atoms with E-state index in [0.29, 0.717) is 18.4 Å². The number of aliphatic hydroxyl groups is 1. The third-order valence-corrected chi connectivity index (χ3v) is 3.17. The van der Waals surface area contributed by atoms with Gasteiger partial charge in [-0.25, -0.2) is 0 Å². The van der Waals surface area contributed by atoms with Gasteiger partial charge in [0.1, 0.15) is 0 Å². The predicted octanol–water partition coefficient (Wildman–Crippen LogP) is 2.06. The number of para-hydroxylation sites is 1. The van der Waals surface area contributed by atoms with Crippen LogP contribution in [0.15, 0.2) is 18.2 Å². The van der Waals surface area contributed by atoms with Gasteiger partial charge in [-0.05, 0) is 31.7 Å². The number of nitro groups is 1. The van der Waals surface area contributed by atoms with E-state index in [4.69, 9.17) is 4.74 Å². The van der Waals surface area contributed by atoms with Crippen molar-refractivity contribution in [3.63, 3.8) is 0 Å². The minimum Gasteiger partial charge on any atom is -0.490 e. The SMILES string of the molecule is COc1cccc(CCC2(O)CC2)c1[N+](=O)[O-]. The van der Waals surface area contributed by atoms with Gasteiger partial charge in [0.2, 0.25) is 0 Å². The molecule has 1 N–H and O–H groups in total. The molecule has 92 valence electrons. The number of aryl methyl sites for hydroxylation is 1. The third-order valence-electron chi connectivity index (χ3n) is 3.17. The quantitative estimate of drug-likeness (QED) is 0.628. The van der Waals surface area contributed by atoms with Crippen LogP contribution in [0.25, 0.3) is 0 Å². The van der Waals surface area contributed by atoms with E-state index in [-0.39, 0.29) is 11.4 Å². The normalized spacial score (nSPS) is 16.6. The molecule has 0 heterocycles. The fourth-order valence-corrected chi connectivity index (χ4v) is 1.90. The molecule has 5 nitrogen and oxygen atoms in total. The Hall–Kier alpha value is -1.62. The molecule has 0 saturated heterocycles. The molecule has 0 unspecified atom stereocenters. The average Bonchev–Trinajstić information content (AvgIpc) is 3.04. The molecular weight excluding hydrogens is 222 g/mol. The lowest BCUT2D eigenvalue weighted by atomic mass is 10.0. The van der Waals surface area contributed by atoms with Crippen molar-refractivity contribution in [1.82, 2.24) is 0 Å². The molecule has 5 heteroatoms. The van der Waals surface area contributed by atoms with E-state index >= 15 is 0 Å². The molecule has 0 aromatic heterocycles. The van der Waals surface area contributed by atoms with E-state index in [2.05, 4.69) is 0 Å². The van der Waals surface area contributed by atoms with Crippen molar-refractivity contribution in [2.24, 2.45) is 0 Å². The Kier molecular flexibility index (Phi) is 3.02. The lowest BCUT2D eigenvalue weighted by molar-refractivity contribution is -0.386. The number of nitro benzene ring substituents is 1. The first-order valence-electron chi connectivity index (χ1n) is 5.58. The number of rotatable bonds is 5. The van der Waals surface area contributed by atoms with Crippen molar-refractivity contribution in [2.45, 2.75) is 31.3 Å². The summed E-state index contributed by atoms with van der Waals surface area (Å²) in [5.74, 6) is 0.273. The van der Waals surface area contributed by atoms with Crippen molar-refractivity contribution in [3.05, 3.63) is 33.9 Å². The number of benzene rings is 1. The van der Waals surface area contributed by atoms with Crippen molar-refractivity contribution in [1.29, 1.82) is 0 Å². The Labute approximate surface area is 99.2 Å². The van der Waals surface area contributed by atoms with Crippen molar-refractivity contribution >= 4 is 5.69 Å². The van der Waals surface area contributed by atoms with Crippen LogP contribution in [0.1, 0.15) is 24.8 Å². The average molecular weight is 237 g/mol. The van der Waals surface area contributed by atoms with Crippen LogP contribution >= 0.6 is 0 Å². The Balaban J connectivity index is 2.22. The number of ether oxygens (including phenoxy) is 1. The fraction of sp³-hybridized carbons (Fsp3) is 0.500. The zero-order valence-electron chi connectivity index (χ0n) is 9.68. The van der Waals surface area contributed by atoms with Gasteiger partial charge < -0.3 is 9.84 Å². The number of hydrogen-bond acceptors (Lipinski definition) is 4. The summed E-state index contributed by atoms with van der Waals surface area (Å²) in [5, 5.41) is 20.7. The smallest absolute Gasteiger partial charge is 0.314 e. The van der Waals surface area contributed by atoms with Crippen LogP contribution in [0.3, 0.4) is 0 Å². The molecule has 1 saturated carbocycles. The summed E-state index contributed by atoms with van der Waals surface area (Å²) in [4.78, 5) is 10.6. The largest absolute Gasteiger partial charge is 0.490 e. The number of methoxy groups -OCH3 is 1. The maximum Gasteiger partial charge on any atom is 0.314 e. The summed E-state index contributed by atoms with van der Waals surface area (Å²) < 4.78 is 4.99. The summed E-state index contributed by atoms with van der Waals surface area (Å²) in [7, 11) is 1.42. The van der Waals surface area contributed by atoms with E-state index in [9.17, 15) is 15.2 Å². The number of nitrogens with zero attached hydrogens (tertiary/aromatic N) is 1. The fourth-order valence-electron chi connectivity index (χ4n) is 1.90. The minimum absolute atomic E-state index is 0.0132. The molecule has 17 heavy (non-hydrogen) atoms. The van der Waals surface area contributed by atoms with Gasteiger partial charge in [0.15, 0.2) is 5.75 Å². The zero-order valence-corrected chi connectivity index (χ0v) is 9.68. The third kappa shape index (κ3) is 2.55. The highest BCUT2D eigenvalue weighted by Gasteiger charge is 2.40. The summed E-state index contributed by atoms with van der Waals surface area (Å²) >= 11 is 0. The van der Waals surface area contributed by atoms with Gasteiger partial charge in [-0.15, -0.1) is 0 Å². The van der Waals surface area contributed by atoms with Gasteiger partial charge in [0.05, 0.1) is 17.6 Å². The molecule has 0 aliphatic heterocycles. The van der Waals surface area contributed by atoms with E-state index < -0.39 is 10.5 Å². The van der Waals surface area contributed by atoms with E-state index in [1.165, 1.54) is 7.11 Å². The summed E-state index contributed by atoms with van der Waals surface area (Å²) in [6, 6.07) is 5.03. The highest BCUT2D eigenvalue weighted by Crippen LogP contribution is 2.40. The second kappa shape index (κ2) is 4.33. The predicted molar refractivity (Wildman–Crippen MR) is 62.2 cm³/mol. The summed E-state index contributed by atoms with van der Waals surface area (Å²) in [6.07, 6.45) is 2.67. The standard InChI is InChI=1S/C12H15NO4/c1-17-10-4-2-3-9(11(10)13(15)16)5-6-12(14)7-8-12/h2-4,14H,5-8H2,1H3. The lowest BCUT2D eigenvalue weighted by Crippen LogP contribution is -2.09. The molecule has 2 rings (SSSR count). The van der Waals surface area contributed by atoms with Crippen molar-refractivity contribution in [2.75, 3.05) is 7.11 Å². The molecule has 0 spiro atoms. The monoisotopic (exact) mass is 237 g/mol. The van der Waals surface area contributed by atoms with E-state index in [0.717, 1.165) is 12.8 Å². The first kappa shape index (κ1) is 11.9. The topological polar surface area (TPSA) is 72.6 Å². The van der Waals surface area contributed by atoms with E-state index in [1.807, 2.05) is 0 Å². The molecule has 1 aliphatic rings. The van der Waals surface area contributed by atoms with Crippen LogP contribution in [0.2, 0.25) is 0 Å². The maximum atomic E-state index is 11.0. The molecule has 0 atom stereocenters. The van der Waals surface area contributed by atoms with Crippen molar-refractivity contribution in [3.8, 4) is 5.75 Å². The Bertz CT molecular complexity index is 440. The van der Waals surface area contributed by atoms with Crippen LogP contribution in [-0.2, 0) is 6.42 Å². The van der Waals surface area contributed by atoms with Gasteiger partial charge in [-0.3, -0.25) is 10.1 Å². The molecule has 1 aliphatic carbocycles. The van der Waals surface area contributed by atoms with Gasteiger partial charge in [0, 0.05) is 5.56 Å². The van der Waals surface area contributed by atoms with Crippen LogP contribution in [0, 0.1) is 10.1 Å². The van der Waals surface area contributed by atoms with Gasteiger partial charge in [-0.2, -0.15) is 0 Å². The summed E-state index contributed by atoms with van der Waals surface area (Å²) in [5.41, 5.74) is 0.0469. The number of hydrogen-bond donors (Lipinski definition) is 1. The Morgan fingerprint density at radius 1 is 1.53 bits per heavy atom. The molecule has 0 bridgehead atoms. The van der Waals surface area contributed by atoms with Gasteiger partial charge in [0.25, 0.3) is 0 Å². The zero-order chi connectivity index (χ0) is 12.5. The molecule has 1 aromatic carbocycles. The minimum atomic E-state index is -0.586. The van der Waals surface area contributed by atoms with Crippen LogP contribution in [0.4, 0.5) is 5.69 Å². The van der Waals surface area contributed by atoms with Gasteiger partial charge >= 0.3 is 5.69 Å². The molecule has 1 aromatic rings. The molecule has 0 radical (unpaired) electrons. The van der Waals surface area contributed by atoms with Gasteiger partial charge in [-0.1, -0.05) is 12.1 Å². The first-order chi connectivity index (χ1) is 8.06. The van der Waals surface area contributed by atoms with Crippen LogP contribution in [0.5, 0.6) is 5.75 Å². The highest BCUT2D eigenvalue weighted by atomic mass is 16.6. The van der Waals surface area contributed by atoms with Crippen LogP contribution in [-0.4, -0.2) is 22.7 Å². The Morgan fingerprint density at radius 2 is 2.24 bits per heavy atom. The van der Waals surface area contributed by atoms with Crippen LogP contribution < -0.4 is 4.74 Å². The second-order valence-corrected chi connectivity index (χ2v) is 4.45. The molecular formula is C12H15NO4. The summed E-state index contributed by atoms with van der Waals surface area (Å²) in [6.45, 7) is 0. The highest BCUT2D eigenvalue weighted by molar-refractivity contribution is 5.52. The second-order valence-electron chi connectivity index (χ2n) is 4.45. The van der Waals surface area contributed by atoms with Crippen molar-refractivity contribution < 1.29 is 14.8 Å². The maximum absolute atomic E-state index is 11.0. The molecule has 1 fully saturated rings. The molecule has 0 amide bonds. The van der Waals surface area contributed by atoms with E-state index in [1.54, 1.807) is 18.2 Å². The first-order valence-corrected chi connectivity index (χ1v) is 5.58.